The first-order chi connectivity index (χ1) is 11.5. The highest BCUT2D eigenvalue weighted by Gasteiger charge is 2.54. The summed E-state index contributed by atoms with van der Waals surface area (Å²) < 4.78 is 10.8. The number of nitrogens with zero attached hydrogens (tertiary/aromatic N) is 2. The summed E-state index contributed by atoms with van der Waals surface area (Å²) in [7, 11) is 2.00. The molecular formula is C17H19ClN2O4. The quantitative estimate of drug-likeness (QED) is 0.838. The van der Waals surface area contributed by atoms with Crippen LogP contribution in [-0.4, -0.2) is 49.9 Å². The van der Waals surface area contributed by atoms with E-state index in [1.54, 1.807) is 0 Å². The molecule has 0 aliphatic carbocycles. The monoisotopic (exact) mass is 350 g/mol. The number of imide groups is 1. The van der Waals surface area contributed by atoms with E-state index in [4.69, 9.17) is 21.1 Å². The van der Waals surface area contributed by atoms with Gasteiger partial charge < -0.3 is 14.4 Å². The molecule has 3 aliphatic heterocycles. The second-order valence-corrected chi connectivity index (χ2v) is 7.00. The molecule has 128 valence electrons. The molecule has 0 N–H and O–H groups in total. The van der Waals surface area contributed by atoms with E-state index in [0.29, 0.717) is 24.6 Å². The van der Waals surface area contributed by atoms with Crippen molar-refractivity contribution in [2.24, 2.45) is 0 Å². The minimum Gasteiger partial charge on any atom is -0.447 e. The van der Waals surface area contributed by atoms with Crippen molar-refractivity contribution in [2.45, 2.75) is 30.9 Å². The largest absolute Gasteiger partial charge is 0.447 e. The lowest BCUT2D eigenvalue weighted by atomic mass is 9.75. The number of anilines is 1. The molecule has 3 aliphatic rings. The zero-order valence-corrected chi connectivity index (χ0v) is 14.2. The van der Waals surface area contributed by atoms with Crippen LogP contribution in [-0.2, 0) is 19.7 Å². The first-order valence-electron chi connectivity index (χ1n) is 8.14. The van der Waals surface area contributed by atoms with Crippen molar-refractivity contribution >= 4 is 29.3 Å². The van der Waals surface area contributed by atoms with Crippen LogP contribution in [0.3, 0.4) is 0 Å². The Morgan fingerprint density at radius 1 is 1.42 bits per heavy atom. The average Bonchev–Trinajstić information content (AvgIpc) is 3.23. The van der Waals surface area contributed by atoms with E-state index in [1.807, 2.05) is 25.2 Å². The normalized spacial score (nSPS) is 28.1. The van der Waals surface area contributed by atoms with Crippen LogP contribution in [0.15, 0.2) is 18.2 Å². The summed E-state index contributed by atoms with van der Waals surface area (Å²) in [6.45, 7) is 1.27. The molecule has 2 unspecified atom stereocenters. The van der Waals surface area contributed by atoms with E-state index >= 15 is 0 Å². The molecule has 0 aromatic heterocycles. The predicted octanol–water partition coefficient (Wildman–Crippen LogP) is 2.53. The Labute approximate surface area is 145 Å². The lowest BCUT2D eigenvalue weighted by Gasteiger charge is -2.30. The van der Waals surface area contributed by atoms with Crippen LogP contribution < -0.4 is 4.90 Å². The highest BCUT2D eigenvalue weighted by Crippen LogP contribution is 2.53. The fraction of sp³-hybridized carbons (Fsp3) is 0.529. The minimum absolute atomic E-state index is 0.0932. The molecule has 4 rings (SSSR count). The summed E-state index contributed by atoms with van der Waals surface area (Å²) in [4.78, 5) is 27.3. The van der Waals surface area contributed by atoms with Crippen molar-refractivity contribution in [3.8, 4) is 0 Å². The van der Waals surface area contributed by atoms with Gasteiger partial charge in [-0.15, -0.1) is 0 Å². The first-order valence-corrected chi connectivity index (χ1v) is 8.52. The molecule has 24 heavy (non-hydrogen) atoms. The Kier molecular flexibility index (Phi) is 3.69. The van der Waals surface area contributed by atoms with Crippen LogP contribution in [0.2, 0.25) is 5.02 Å². The number of amides is 2. The van der Waals surface area contributed by atoms with Crippen molar-refractivity contribution in [3.05, 3.63) is 28.8 Å². The van der Waals surface area contributed by atoms with Crippen LogP contribution in [0.5, 0.6) is 0 Å². The Hall–Kier alpha value is -1.79. The van der Waals surface area contributed by atoms with E-state index < -0.39 is 6.09 Å². The minimum atomic E-state index is -0.538. The third kappa shape index (κ3) is 2.20. The van der Waals surface area contributed by atoms with Crippen molar-refractivity contribution in [1.29, 1.82) is 0 Å². The third-order valence-electron chi connectivity index (χ3n) is 5.37. The number of ether oxygens (including phenoxy) is 2. The Morgan fingerprint density at radius 3 is 3.00 bits per heavy atom. The number of hydrogen-bond acceptors (Lipinski definition) is 5. The molecule has 7 heteroatoms. The number of carbonyl (C=O) groups excluding carboxylic acids is 2. The van der Waals surface area contributed by atoms with Gasteiger partial charge in [0.05, 0.1) is 13.2 Å². The zero-order valence-electron chi connectivity index (χ0n) is 13.5. The Bertz CT molecular complexity index is 710. The van der Waals surface area contributed by atoms with Gasteiger partial charge in [0.15, 0.2) is 0 Å². The number of likely N-dealkylation sites (N-methyl/N-ethyl adjacent to an activating group) is 1. The number of benzene rings is 1. The summed E-state index contributed by atoms with van der Waals surface area (Å²) in [5.41, 5.74) is 1.97. The fourth-order valence-corrected chi connectivity index (χ4v) is 4.37. The Morgan fingerprint density at radius 2 is 2.25 bits per heavy atom. The van der Waals surface area contributed by atoms with Gasteiger partial charge in [-0.1, -0.05) is 11.6 Å². The second-order valence-electron chi connectivity index (χ2n) is 6.56. The molecule has 3 heterocycles. The number of rotatable bonds is 3. The second kappa shape index (κ2) is 5.63. The van der Waals surface area contributed by atoms with Crippen LogP contribution in [0.1, 0.15) is 24.8 Å². The fourth-order valence-electron chi connectivity index (χ4n) is 4.19. The van der Waals surface area contributed by atoms with Gasteiger partial charge in [0.2, 0.25) is 5.91 Å². The van der Waals surface area contributed by atoms with Crippen LogP contribution in [0, 0.1) is 0 Å². The van der Waals surface area contributed by atoms with Crippen LogP contribution >= 0.6 is 11.6 Å². The molecule has 2 amide bonds. The standard InChI is InChI=1S/C17H19ClN2O4/c1-19-13-3-2-11(18)10-12(13)17(6-8-23-15(17)19)5-4-14(21)20-7-9-24-16(20)22/h2-3,10,15H,4-9H2,1H3. The SMILES string of the molecule is CN1c2ccc(Cl)cc2C2(CCC(=O)N3CCOC3=O)CCOC12. The predicted molar refractivity (Wildman–Crippen MR) is 88.2 cm³/mol. The van der Waals surface area contributed by atoms with Gasteiger partial charge in [-0.05, 0) is 36.6 Å². The van der Waals surface area contributed by atoms with Crippen molar-refractivity contribution in [1.82, 2.24) is 4.90 Å². The molecule has 0 bridgehead atoms. The Balaban J connectivity index is 1.60. The van der Waals surface area contributed by atoms with Crippen molar-refractivity contribution in [3.63, 3.8) is 0 Å². The number of hydrogen-bond donors (Lipinski definition) is 0. The maximum atomic E-state index is 12.4. The summed E-state index contributed by atoms with van der Waals surface area (Å²) in [6.07, 6.45) is 1.12. The molecule has 2 fully saturated rings. The van der Waals surface area contributed by atoms with Gasteiger partial charge in [0.1, 0.15) is 12.8 Å². The molecule has 1 aromatic rings. The average molecular weight is 351 g/mol. The highest BCUT2D eigenvalue weighted by atomic mass is 35.5. The molecule has 2 saturated heterocycles. The number of fused-ring (bicyclic) bond motifs is 3. The van der Waals surface area contributed by atoms with Crippen molar-refractivity contribution in [2.75, 3.05) is 31.7 Å². The number of halogens is 1. The summed E-state index contributed by atoms with van der Waals surface area (Å²) in [5.74, 6) is -0.185. The van der Waals surface area contributed by atoms with E-state index in [1.165, 1.54) is 4.90 Å². The van der Waals surface area contributed by atoms with Gasteiger partial charge in [-0.2, -0.15) is 0 Å². The van der Waals surface area contributed by atoms with Gasteiger partial charge in [0.25, 0.3) is 0 Å². The van der Waals surface area contributed by atoms with Gasteiger partial charge >= 0.3 is 6.09 Å². The molecule has 0 spiro atoms. The summed E-state index contributed by atoms with van der Waals surface area (Å²) in [6, 6.07) is 5.86. The molecule has 0 radical (unpaired) electrons. The maximum absolute atomic E-state index is 12.4. The topological polar surface area (TPSA) is 59.1 Å². The molecule has 6 nitrogen and oxygen atoms in total. The molecule has 2 atom stereocenters. The smallest absolute Gasteiger partial charge is 0.416 e. The van der Waals surface area contributed by atoms with E-state index in [9.17, 15) is 9.59 Å². The molecule has 0 saturated carbocycles. The highest BCUT2D eigenvalue weighted by molar-refractivity contribution is 6.30. The van der Waals surface area contributed by atoms with Gasteiger partial charge in [-0.25, -0.2) is 9.69 Å². The molecule has 1 aromatic carbocycles. The summed E-state index contributed by atoms with van der Waals surface area (Å²) >= 11 is 6.21. The van der Waals surface area contributed by atoms with Crippen LogP contribution in [0.4, 0.5) is 10.5 Å². The van der Waals surface area contributed by atoms with Gasteiger partial charge in [-0.3, -0.25) is 4.79 Å². The number of carbonyl (C=O) groups is 2. The molecular weight excluding hydrogens is 332 g/mol. The maximum Gasteiger partial charge on any atom is 0.416 e. The number of cyclic esters (lactones) is 1. The summed E-state index contributed by atoms with van der Waals surface area (Å²) in [5, 5.41) is 0.684. The van der Waals surface area contributed by atoms with E-state index in [0.717, 1.165) is 17.7 Å². The lowest BCUT2D eigenvalue weighted by molar-refractivity contribution is -0.128. The van der Waals surface area contributed by atoms with Crippen molar-refractivity contribution < 1.29 is 19.1 Å². The van der Waals surface area contributed by atoms with Gasteiger partial charge in [0, 0.05) is 29.6 Å². The zero-order chi connectivity index (χ0) is 16.9. The van der Waals surface area contributed by atoms with E-state index in [2.05, 4.69) is 4.90 Å². The van der Waals surface area contributed by atoms with E-state index in [-0.39, 0.29) is 30.6 Å². The lowest BCUT2D eigenvalue weighted by Crippen LogP contribution is -2.41. The van der Waals surface area contributed by atoms with Crippen LogP contribution in [0.25, 0.3) is 0 Å². The third-order valence-corrected chi connectivity index (χ3v) is 5.61. The first kappa shape index (κ1) is 15.7.